The smallest absolute Gasteiger partial charge is 0.416 e. The number of hydrogen-bond acceptors (Lipinski definition) is 4. The van der Waals surface area contributed by atoms with Gasteiger partial charge in [-0.3, -0.25) is 9.59 Å². The minimum atomic E-state index is -4.47. The molecular formula is C34H35ClF3N3O3. The molecule has 2 unspecified atom stereocenters. The molecule has 2 aliphatic heterocycles. The number of nitrogens with one attached hydrogen (secondary N) is 2. The Kier molecular flexibility index (Phi) is 9.65. The third-order valence-corrected chi connectivity index (χ3v) is 8.54. The third-order valence-electron chi connectivity index (χ3n) is 8.25. The average Bonchev–Trinajstić information content (AvgIpc) is 2.98. The van der Waals surface area contributed by atoms with Crippen molar-refractivity contribution in [3.63, 3.8) is 0 Å². The van der Waals surface area contributed by atoms with E-state index in [1.165, 1.54) is 17.2 Å². The van der Waals surface area contributed by atoms with Gasteiger partial charge >= 0.3 is 6.18 Å². The molecule has 0 aliphatic carbocycles. The Bertz CT molecular complexity index is 1560. The molecule has 5 rings (SSSR count). The number of amides is 2. The number of hydrogen-bond donors (Lipinski definition) is 2. The molecule has 0 spiro atoms. The molecule has 232 valence electrons. The lowest BCUT2D eigenvalue weighted by molar-refractivity contribution is -0.137. The van der Waals surface area contributed by atoms with Crippen LogP contribution in [-0.2, 0) is 28.6 Å². The van der Waals surface area contributed by atoms with E-state index in [0.717, 1.165) is 35.3 Å². The molecule has 2 heterocycles. The van der Waals surface area contributed by atoms with Gasteiger partial charge in [-0.1, -0.05) is 60.1 Å². The minimum absolute atomic E-state index is 0.00610. The SMILES string of the molecule is CC(=O)N1CC2CC(c3ccc(CCOc4ccc(C(F)(F)F)cc4Cl)cc3)=C(C(=O)NCCc3ccccc3C)C(C1)N2. The Hall–Kier alpha value is -3.82. The van der Waals surface area contributed by atoms with Gasteiger partial charge in [0.05, 0.1) is 23.2 Å². The zero-order valence-electron chi connectivity index (χ0n) is 24.6. The maximum absolute atomic E-state index is 13.7. The lowest BCUT2D eigenvalue weighted by Crippen LogP contribution is -2.61. The van der Waals surface area contributed by atoms with Gasteiger partial charge in [0.1, 0.15) is 5.75 Å². The van der Waals surface area contributed by atoms with Gasteiger partial charge in [0.25, 0.3) is 0 Å². The fourth-order valence-corrected chi connectivity index (χ4v) is 6.12. The van der Waals surface area contributed by atoms with Crippen LogP contribution in [0.5, 0.6) is 5.75 Å². The quantitative estimate of drug-likeness (QED) is 0.306. The standard InChI is InChI=1S/C34H35ClF3N3O3/c1-21-5-3-4-6-24(21)13-15-39-33(43)32-28(18-27-19-41(22(2)42)20-30(32)40-27)25-9-7-23(8-10-25)14-16-44-31-12-11-26(17-29(31)35)34(36,37)38/h3-12,17,27,30,40H,13-16,18-20H2,1-2H3,(H,39,43). The average molecular weight is 626 g/mol. The monoisotopic (exact) mass is 625 g/mol. The lowest BCUT2D eigenvalue weighted by Gasteiger charge is -2.44. The molecular weight excluding hydrogens is 591 g/mol. The minimum Gasteiger partial charge on any atom is -0.492 e. The van der Waals surface area contributed by atoms with Gasteiger partial charge in [-0.2, -0.15) is 13.2 Å². The predicted molar refractivity (Wildman–Crippen MR) is 164 cm³/mol. The van der Waals surface area contributed by atoms with Crippen molar-refractivity contribution in [1.82, 2.24) is 15.5 Å². The first-order valence-electron chi connectivity index (χ1n) is 14.7. The van der Waals surface area contributed by atoms with E-state index < -0.39 is 11.7 Å². The van der Waals surface area contributed by atoms with Crippen molar-refractivity contribution in [3.05, 3.63) is 105 Å². The number of piperazine rings is 1. The summed E-state index contributed by atoms with van der Waals surface area (Å²) in [4.78, 5) is 27.7. The van der Waals surface area contributed by atoms with Crippen LogP contribution in [0.1, 0.15) is 41.2 Å². The van der Waals surface area contributed by atoms with Gasteiger partial charge in [0, 0.05) is 44.6 Å². The summed E-state index contributed by atoms with van der Waals surface area (Å²) >= 11 is 6.01. The maximum atomic E-state index is 13.7. The lowest BCUT2D eigenvalue weighted by atomic mass is 9.83. The highest BCUT2D eigenvalue weighted by molar-refractivity contribution is 6.32. The van der Waals surface area contributed by atoms with Crippen LogP contribution in [0.4, 0.5) is 13.2 Å². The topological polar surface area (TPSA) is 70.7 Å². The Morgan fingerprint density at radius 2 is 1.80 bits per heavy atom. The molecule has 2 amide bonds. The van der Waals surface area contributed by atoms with Gasteiger partial charge in [-0.25, -0.2) is 0 Å². The zero-order valence-corrected chi connectivity index (χ0v) is 25.4. The van der Waals surface area contributed by atoms with Crippen LogP contribution >= 0.6 is 11.6 Å². The van der Waals surface area contributed by atoms with Crippen molar-refractivity contribution < 1.29 is 27.5 Å². The van der Waals surface area contributed by atoms with Crippen LogP contribution < -0.4 is 15.4 Å². The van der Waals surface area contributed by atoms with E-state index in [0.29, 0.717) is 38.0 Å². The Morgan fingerprint density at radius 1 is 1.05 bits per heavy atom. The molecule has 2 atom stereocenters. The first-order valence-corrected chi connectivity index (χ1v) is 15.0. The summed E-state index contributed by atoms with van der Waals surface area (Å²) in [5.41, 5.74) is 5.08. The number of benzene rings is 3. The third kappa shape index (κ3) is 7.45. The number of ether oxygens (including phenoxy) is 1. The summed E-state index contributed by atoms with van der Waals surface area (Å²) in [6.07, 6.45) is -2.63. The summed E-state index contributed by atoms with van der Waals surface area (Å²) < 4.78 is 44.4. The van der Waals surface area contributed by atoms with Crippen molar-refractivity contribution in [2.24, 2.45) is 0 Å². The fourth-order valence-electron chi connectivity index (χ4n) is 5.88. The van der Waals surface area contributed by atoms with E-state index in [1.807, 2.05) is 36.4 Å². The first-order chi connectivity index (χ1) is 21.0. The molecule has 3 aromatic rings. The number of alkyl halides is 3. The van der Waals surface area contributed by atoms with E-state index in [-0.39, 0.29) is 41.3 Å². The van der Waals surface area contributed by atoms with Crippen molar-refractivity contribution in [1.29, 1.82) is 0 Å². The molecule has 6 nitrogen and oxygen atoms in total. The second-order valence-electron chi connectivity index (χ2n) is 11.3. The summed E-state index contributed by atoms with van der Waals surface area (Å²) in [7, 11) is 0. The molecule has 1 fully saturated rings. The number of carbonyl (C=O) groups excluding carboxylic acids is 2. The van der Waals surface area contributed by atoms with Gasteiger partial charge in [0.15, 0.2) is 0 Å². The van der Waals surface area contributed by atoms with Crippen LogP contribution in [0.3, 0.4) is 0 Å². The van der Waals surface area contributed by atoms with Crippen LogP contribution in [0.15, 0.2) is 72.3 Å². The van der Waals surface area contributed by atoms with Crippen molar-refractivity contribution in [3.8, 4) is 5.75 Å². The Morgan fingerprint density at radius 3 is 2.48 bits per heavy atom. The van der Waals surface area contributed by atoms with Crippen LogP contribution in [0, 0.1) is 6.92 Å². The van der Waals surface area contributed by atoms with Crippen molar-refractivity contribution >= 4 is 29.0 Å². The second kappa shape index (κ2) is 13.4. The highest BCUT2D eigenvalue weighted by Crippen LogP contribution is 2.35. The van der Waals surface area contributed by atoms with Gasteiger partial charge in [0.2, 0.25) is 11.8 Å². The van der Waals surface area contributed by atoms with E-state index in [2.05, 4.69) is 29.7 Å². The summed E-state index contributed by atoms with van der Waals surface area (Å²) in [5, 5.41) is 6.58. The van der Waals surface area contributed by atoms with Gasteiger partial charge < -0.3 is 20.3 Å². The van der Waals surface area contributed by atoms with Crippen molar-refractivity contribution in [2.75, 3.05) is 26.2 Å². The van der Waals surface area contributed by atoms with Crippen LogP contribution in [-0.4, -0.2) is 55.0 Å². The van der Waals surface area contributed by atoms with E-state index in [9.17, 15) is 22.8 Å². The summed E-state index contributed by atoms with van der Waals surface area (Å²) in [5.74, 6) is 0.0506. The number of nitrogens with zero attached hydrogens (tertiary/aromatic N) is 1. The molecule has 0 radical (unpaired) electrons. The van der Waals surface area contributed by atoms with Crippen molar-refractivity contribution in [2.45, 2.75) is 51.4 Å². The highest BCUT2D eigenvalue weighted by Gasteiger charge is 2.39. The molecule has 3 aromatic carbocycles. The maximum Gasteiger partial charge on any atom is 0.416 e. The second-order valence-corrected chi connectivity index (χ2v) is 11.7. The van der Waals surface area contributed by atoms with Gasteiger partial charge in [-0.05, 0) is 65.8 Å². The zero-order chi connectivity index (χ0) is 31.4. The Labute approximate surface area is 260 Å². The van der Waals surface area contributed by atoms with Crippen LogP contribution in [0.25, 0.3) is 5.57 Å². The van der Waals surface area contributed by atoms with E-state index in [1.54, 1.807) is 11.8 Å². The van der Waals surface area contributed by atoms with Crippen LogP contribution in [0.2, 0.25) is 5.02 Å². The molecule has 1 saturated heterocycles. The number of halogens is 4. The number of rotatable bonds is 9. The number of carbonyl (C=O) groups is 2. The molecule has 2 aliphatic rings. The van der Waals surface area contributed by atoms with E-state index >= 15 is 0 Å². The normalized spacial score (nSPS) is 18.3. The molecule has 10 heteroatoms. The highest BCUT2D eigenvalue weighted by atomic mass is 35.5. The molecule has 0 saturated carbocycles. The molecule has 44 heavy (non-hydrogen) atoms. The van der Waals surface area contributed by atoms with Gasteiger partial charge in [-0.15, -0.1) is 0 Å². The molecule has 2 N–H and O–H groups in total. The summed E-state index contributed by atoms with van der Waals surface area (Å²) in [6.45, 7) is 5.35. The number of fused-ring (bicyclic) bond motifs is 2. The first kappa shape index (κ1) is 31.6. The molecule has 2 bridgehead atoms. The number of aryl methyl sites for hydroxylation is 1. The largest absolute Gasteiger partial charge is 0.492 e. The predicted octanol–water partition coefficient (Wildman–Crippen LogP) is 5.99. The molecule has 0 aromatic heterocycles. The fraction of sp³-hybridized carbons (Fsp3) is 0.353. The Balaban J connectivity index is 1.29. The summed E-state index contributed by atoms with van der Waals surface area (Å²) in [6, 6.07) is 18.8. The van der Waals surface area contributed by atoms with E-state index in [4.69, 9.17) is 16.3 Å².